The van der Waals surface area contributed by atoms with Crippen molar-refractivity contribution in [2.75, 3.05) is 10.6 Å². The fraction of sp³-hybridized carbons (Fsp3) is 0.115. The van der Waals surface area contributed by atoms with E-state index in [0.29, 0.717) is 33.6 Å². The molecule has 6 bridgehead atoms. The Morgan fingerprint density at radius 1 is 0.912 bits per heavy atom. The van der Waals surface area contributed by atoms with E-state index in [0.717, 1.165) is 29.7 Å². The van der Waals surface area contributed by atoms with E-state index < -0.39 is 5.82 Å². The molecule has 0 fully saturated rings. The van der Waals surface area contributed by atoms with Gasteiger partial charge in [0.1, 0.15) is 10.8 Å². The zero-order valence-electron chi connectivity index (χ0n) is 17.9. The molecule has 2 heterocycles. The first kappa shape index (κ1) is 22.3. The van der Waals surface area contributed by atoms with Crippen LogP contribution < -0.4 is 10.6 Å². The number of nitrogens with zero attached hydrogens (tertiary/aromatic N) is 2. The average molecular weight is 493 g/mol. The zero-order chi connectivity index (χ0) is 23.7. The molecule has 5 nitrogen and oxygen atoms in total. The van der Waals surface area contributed by atoms with Crippen LogP contribution in [-0.4, -0.2) is 15.8 Å². The van der Waals surface area contributed by atoms with Crippen molar-refractivity contribution in [2.45, 2.75) is 19.3 Å². The van der Waals surface area contributed by atoms with Gasteiger partial charge in [0.05, 0.1) is 11.2 Å². The average Bonchev–Trinajstić information content (AvgIpc) is 2.82. The van der Waals surface area contributed by atoms with Gasteiger partial charge in [-0.25, -0.2) is 9.37 Å². The van der Waals surface area contributed by atoms with E-state index in [2.05, 4.69) is 32.7 Å². The van der Waals surface area contributed by atoms with Crippen LogP contribution in [0.25, 0.3) is 0 Å². The van der Waals surface area contributed by atoms with Crippen LogP contribution in [-0.2, 0) is 19.3 Å². The third kappa shape index (κ3) is 5.03. The number of carbonyl (C=O) groups is 1. The lowest BCUT2D eigenvalue weighted by Crippen LogP contribution is -2.07. The first-order valence-electron chi connectivity index (χ1n) is 10.7. The largest absolute Gasteiger partial charge is 0.339 e. The summed E-state index contributed by atoms with van der Waals surface area (Å²) in [6, 6.07) is 18.0. The Bertz CT molecular complexity index is 1410. The van der Waals surface area contributed by atoms with Crippen LogP contribution in [0, 0.1) is 5.82 Å². The van der Waals surface area contributed by atoms with Gasteiger partial charge in [-0.15, -0.1) is 0 Å². The number of Topliss-reactive ketones (excluding diaryl/α,β-unsaturated/α-hetero) is 1. The van der Waals surface area contributed by atoms with Crippen molar-refractivity contribution < 1.29 is 9.18 Å². The van der Waals surface area contributed by atoms with Crippen LogP contribution in [0.15, 0.2) is 66.9 Å². The highest BCUT2D eigenvalue weighted by atomic mass is 35.5. The first-order valence-corrected chi connectivity index (χ1v) is 11.5. The number of halogens is 3. The summed E-state index contributed by atoms with van der Waals surface area (Å²) in [5.74, 6) is 0.220. The van der Waals surface area contributed by atoms with Gasteiger partial charge in [0.2, 0.25) is 5.95 Å². The molecule has 8 heteroatoms. The molecule has 0 spiro atoms. The molecule has 2 N–H and O–H groups in total. The molecular formula is C26H19Cl2FN4O. The van der Waals surface area contributed by atoms with Crippen molar-refractivity contribution >= 4 is 52.1 Å². The zero-order valence-corrected chi connectivity index (χ0v) is 19.4. The molecule has 0 atom stereocenters. The van der Waals surface area contributed by atoms with Gasteiger partial charge in [0, 0.05) is 23.4 Å². The maximum absolute atomic E-state index is 13.5. The Morgan fingerprint density at radius 2 is 1.74 bits per heavy atom. The van der Waals surface area contributed by atoms with Gasteiger partial charge in [-0.1, -0.05) is 41.4 Å². The number of hydrogen-bond acceptors (Lipinski definition) is 5. The number of nitrogens with one attached hydrogen (secondary N) is 2. The maximum atomic E-state index is 13.5. The third-order valence-electron chi connectivity index (χ3n) is 5.56. The quantitative estimate of drug-likeness (QED) is 0.303. The second kappa shape index (κ2) is 9.41. The van der Waals surface area contributed by atoms with E-state index >= 15 is 0 Å². The number of carbonyl (C=O) groups excluding carboxylic acids is 1. The molecule has 34 heavy (non-hydrogen) atoms. The molecule has 0 saturated heterocycles. The lowest BCUT2D eigenvalue weighted by molar-refractivity contribution is 0.0993. The van der Waals surface area contributed by atoms with Gasteiger partial charge in [0.15, 0.2) is 11.6 Å². The molecule has 5 rings (SSSR count). The number of anilines is 4. The van der Waals surface area contributed by atoms with Crippen molar-refractivity contribution in [1.29, 1.82) is 0 Å². The van der Waals surface area contributed by atoms with Gasteiger partial charge in [-0.05, 0) is 72.0 Å². The number of fused-ring (bicyclic) bond motifs is 6. The molecule has 170 valence electrons. The van der Waals surface area contributed by atoms with Crippen molar-refractivity contribution in [3.63, 3.8) is 0 Å². The molecule has 1 aromatic heterocycles. The molecule has 0 amide bonds. The monoisotopic (exact) mass is 492 g/mol. The lowest BCUT2D eigenvalue weighted by Gasteiger charge is -2.13. The minimum absolute atomic E-state index is 0.00280. The number of aryl methyl sites for hydroxylation is 2. The second-order valence-corrected chi connectivity index (χ2v) is 8.92. The van der Waals surface area contributed by atoms with Crippen LogP contribution in [0.4, 0.5) is 27.5 Å². The van der Waals surface area contributed by atoms with Crippen molar-refractivity contribution in [3.05, 3.63) is 105 Å². The first-order chi connectivity index (χ1) is 16.4. The number of benzene rings is 3. The highest BCUT2D eigenvalue weighted by molar-refractivity contribution is 6.33. The van der Waals surface area contributed by atoms with Gasteiger partial charge in [0.25, 0.3) is 0 Å². The lowest BCUT2D eigenvalue weighted by atomic mass is 9.97. The summed E-state index contributed by atoms with van der Waals surface area (Å²) in [5.41, 5.74) is 4.89. The summed E-state index contributed by atoms with van der Waals surface area (Å²) in [5, 5.41) is 6.79. The normalized spacial score (nSPS) is 12.4. The van der Waals surface area contributed by atoms with Gasteiger partial charge in [-0.3, -0.25) is 4.79 Å². The van der Waals surface area contributed by atoms with Crippen LogP contribution in [0.2, 0.25) is 10.0 Å². The SMILES string of the molecule is O=C(Cc1ccc(F)c(Cl)c1)c1cc2cc(c1)Nc1nc(ncc1Cl)Nc1cccc(c1)CC2. The van der Waals surface area contributed by atoms with E-state index in [-0.39, 0.29) is 17.2 Å². The Labute approximate surface area is 206 Å². The fourth-order valence-corrected chi connectivity index (χ4v) is 4.22. The van der Waals surface area contributed by atoms with Crippen LogP contribution in [0.3, 0.4) is 0 Å². The van der Waals surface area contributed by atoms with Crippen LogP contribution in [0.5, 0.6) is 0 Å². The number of aromatic nitrogens is 2. The molecule has 0 unspecified atom stereocenters. The Kier molecular flexibility index (Phi) is 6.18. The molecular weight excluding hydrogens is 474 g/mol. The number of ketones is 1. The third-order valence-corrected chi connectivity index (χ3v) is 6.12. The summed E-state index contributed by atoms with van der Waals surface area (Å²) in [6.07, 6.45) is 3.15. The number of rotatable bonds is 3. The Morgan fingerprint density at radius 3 is 2.59 bits per heavy atom. The van der Waals surface area contributed by atoms with Crippen LogP contribution in [0.1, 0.15) is 27.0 Å². The Hall–Kier alpha value is -3.48. The predicted molar refractivity (Wildman–Crippen MR) is 133 cm³/mol. The van der Waals surface area contributed by atoms with Gasteiger partial charge in [-0.2, -0.15) is 4.98 Å². The second-order valence-electron chi connectivity index (χ2n) is 8.11. The Balaban J connectivity index is 1.53. The topological polar surface area (TPSA) is 66.9 Å². The smallest absolute Gasteiger partial charge is 0.229 e. The molecule has 0 aliphatic carbocycles. The van der Waals surface area contributed by atoms with Crippen molar-refractivity contribution in [3.8, 4) is 0 Å². The highest BCUT2D eigenvalue weighted by Crippen LogP contribution is 2.28. The summed E-state index contributed by atoms with van der Waals surface area (Å²) in [4.78, 5) is 21.9. The van der Waals surface area contributed by atoms with Crippen LogP contribution >= 0.6 is 23.2 Å². The summed E-state index contributed by atoms with van der Waals surface area (Å²) in [7, 11) is 0. The standard InChI is InChI=1S/C26H19Cl2FN4O/c27-21-11-17(6-7-23(21)29)12-24(34)18-8-16-5-4-15-2-1-3-19(9-15)32-26-30-14-22(28)25(33-26)31-20(10-16)13-18/h1-3,6-11,13-14H,4-5,12H2,(H2,30,31,32,33). The molecule has 0 saturated carbocycles. The van der Waals surface area contributed by atoms with Crippen molar-refractivity contribution in [1.82, 2.24) is 9.97 Å². The van der Waals surface area contributed by atoms with E-state index in [4.69, 9.17) is 23.2 Å². The fourth-order valence-electron chi connectivity index (χ4n) is 3.88. The molecule has 1 aliphatic rings. The van der Waals surface area contributed by atoms with Gasteiger partial charge >= 0.3 is 0 Å². The van der Waals surface area contributed by atoms with Crippen molar-refractivity contribution in [2.24, 2.45) is 0 Å². The number of hydrogen-bond donors (Lipinski definition) is 2. The highest BCUT2D eigenvalue weighted by Gasteiger charge is 2.14. The van der Waals surface area contributed by atoms with E-state index in [9.17, 15) is 9.18 Å². The predicted octanol–water partition coefficient (Wildman–Crippen LogP) is 6.93. The minimum Gasteiger partial charge on any atom is -0.339 e. The molecule has 0 radical (unpaired) electrons. The van der Waals surface area contributed by atoms with E-state index in [1.165, 1.54) is 18.3 Å². The minimum atomic E-state index is -0.511. The van der Waals surface area contributed by atoms with E-state index in [1.807, 2.05) is 24.3 Å². The molecule has 3 aromatic carbocycles. The summed E-state index contributed by atoms with van der Waals surface area (Å²) in [6.45, 7) is 0. The summed E-state index contributed by atoms with van der Waals surface area (Å²) < 4.78 is 13.5. The molecule has 4 aromatic rings. The van der Waals surface area contributed by atoms with E-state index in [1.54, 1.807) is 12.1 Å². The molecule has 1 aliphatic heterocycles. The summed E-state index contributed by atoms with van der Waals surface area (Å²) >= 11 is 12.2. The maximum Gasteiger partial charge on any atom is 0.229 e. The van der Waals surface area contributed by atoms with Gasteiger partial charge < -0.3 is 10.6 Å².